The summed E-state index contributed by atoms with van der Waals surface area (Å²) < 4.78 is 0. The molecule has 2 aromatic carbocycles. The van der Waals surface area contributed by atoms with Crippen molar-refractivity contribution < 1.29 is 0 Å². The average Bonchev–Trinajstić information content (AvgIpc) is 2.44. The maximum atomic E-state index is 7.33. The number of halogens is 1. The van der Waals surface area contributed by atoms with Crippen molar-refractivity contribution in [2.75, 3.05) is 0 Å². The first-order chi connectivity index (χ1) is 9.43. The summed E-state index contributed by atoms with van der Waals surface area (Å²) in [6, 6.07) is 14.7. The zero-order valence-corrected chi connectivity index (χ0v) is 12.8. The standard InChI is InChI=1S/C17H19ClN2/c1-12(2)17(3,20-11-16(18)19)15-9-8-13-6-4-5-7-14(13)10-15/h4-12,19H,1-3H3/t17-/m0/s1. The molecule has 104 valence electrons. The molecule has 0 aliphatic rings. The largest absolute Gasteiger partial charge is 0.288 e. The molecule has 2 aromatic rings. The summed E-state index contributed by atoms with van der Waals surface area (Å²) in [6.45, 7) is 6.34. The summed E-state index contributed by atoms with van der Waals surface area (Å²) in [7, 11) is 0. The first-order valence-corrected chi connectivity index (χ1v) is 7.10. The Bertz CT molecular complexity index is 661. The van der Waals surface area contributed by atoms with Crippen molar-refractivity contribution in [1.82, 2.24) is 0 Å². The molecular formula is C17H19ClN2. The molecule has 3 heteroatoms. The molecule has 0 amide bonds. The minimum Gasteiger partial charge on any atom is -0.288 e. The number of nitrogens with zero attached hydrogens (tertiary/aromatic N) is 1. The lowest BCUT2D eigenvalue weighted by Gasteiger charge is -2.30. The first-order valence-electron chi connectivity index (χ1n) is 6.72. The van der Waals surface area contributed by atoms with Crippen molar-refractivity contribution in [3.05, 3.63) is 48.0 Å². The molecule has 0 heterocycles. The van der Waals surface area contributed by atoms with Gasteiger partial charge in [0, 0.05) is 0 Å². The van der Waals surface area contributed by atoms with Crippen molar-refractivity contribution >= 4 is 33.8 Å². The zero-order valence-electron chi connectivity index (χ0n) is 12.0. The molecule has 2 nitrogen and oxygen atoms in total. The lowest BCUT2D eigenvalue weighted by Crippen LogP contribution is -2.26. The van der Waals surface area contributed by atoms with E-state index in [1.165, 1.54) is 17.0 Å². The van der Waals surface area contributed by atoms with E-state index in [2.05, 4.69) is 56.1 Å². The van der Waals surface area contributed by atoms with E-state index in [0.29, 0.717) is 5.92 Å². The second-order valence-electron chi connectivity index (χ2n) is 5.47. The molecular weight excluding hydrogens is 268 g/mol. The fourth-order valence-electron chi connectivity index (χ4n) is 2.25. The smallest absolute Gasteiger partial charge is 0.138 e. The minimum atomic E-state index is -0.384. The van der Waals surface area contributed by atoms with Crippen molar-refractivity contribution in [2.24, 2.45) is 10.9 Å². The molecule has 2 rings (SSSR count). The quantitative estimate of drug-likeness (QED) is 0.768. The van der Waals surface area contributed by atoms with Crippen molar-refractivity contribution in [2.45, 2.75) is 26.3 Å². The Morgan fingerprint density at radius 3 is 2.45 bits per heavy atom. The molecule has 0 aromatic heterocycles. The molecule has 1 N–H and O–H groups in total. The molecule has 0 aliphatic heterocycles. The van der Waals surface area contributed by atoms with Crippen LogP contribution in [0.5, 0.6) is 0 Å². The van der Waals surface area contributed by atoms with Gasteiger partial charge in [0.15, 0.2) is 0 Å². The molecule has 20 heavy (non-hydrogen) atoms. The third kappa shape index (κ3) is 2.91. The highest BCUT2D eigenvalue weighted by Crippen LogP contribution is 2.34. The number of aliphatic imine (C=N–C) groups is 1. The summed E-state index contributed by atoms with van der Waals surface area (Å²) in [5.41, 5.74) is 0.756. The second kappa shape index (κ2) is 5.76. The predicted octanol–water partition coefficient (Wildman–Crippen LogP) is 5.00. The van der Waals surface area contributed by atoms with E-state index in [1.54, 1.807) is 0 Å². The van der Waals surface area contributed by atoms with Gasteiger partial charge in [-0.25, -0.2) is 0 Å². The SMILES string of the molecule is CC(C)[C@](C)(N=CC(=N)Cl)c1ccc2ccccc2c1. The van der Waals surface area contributed by atoms with Gasteiger partial charge in [0.1, 0.15) is 5.17 Å². The molecule has 0 saturated carbocycles. The number of rotatable bonds is 4. The van der Waals surface area contributed by atoms with E-state index in [1.807, 2.05) is 12.1 Å². The van der Waals surface area contributed by atoms with Gasteiger partial charge in [-0.1, -0.05) is 61.8 Å². The number of nitrogens with one attached hydrogen (secondary N) is 1. The highest BCUT2D eigenvalue weighted by molar-refractivity contribution is 6.79. The minimum absolute atomic E-state index is 0.0438. The van der Waals surface area contributed by atoms with Crippen LogP contribution in [0.3, 0.4) is 0 Å². The van der Waals surface area contributed by atoms with E-state index in [9.17, 15) is 0 Å². The Labute approximate surface area is 125 Å². The van der Waals surface area contributed by atoms with Gasteiger partial charge < -0.3 is 0 Å². The number of benzene rings is 2. The Hall–Kier alpha value is -1.67. The van der Waals surface area contributed by atoms with Gasteiger partial charge in [0.25, 0.3) is 0 Å². The van der Waals surface area contributed by atoms with Crippen molar-refractivity contribution in [1.29, 1.82) is 5.41 Å². The van der Waals surface area contributed by atoms with Crippen LogP contribution >= 0.6 is 11.6 Å². The van der Waals surface area contributed by atoms with Crippen molar-refractivity contribution in [3.63, 3.8) is 0 Å². The number of hydrogen-bond donors (Lipinski definition) is 1. The third-order valence-corrected chi connectivity index (χ3v) is 4.00. The third-order valence-electron chi connectivity index (χ3n) is 3.90. The molecule has 0 bridgehead atoms. The highest BCUT2D eigenvalue weighted by atomic mass is 35.5. The van der Waals surface area contributed by atoms with Gasteiger partial charge in [-0.15, -0.1) is 0 Å². The maximum absolute atomic E-state index is 7.33. The Morgan fingerprint density at radius 1 is 1.20 bits per heavy atom. The molecule has 1 atom stereocenters. The van der Waals surface area contributed by atoms with Crippen LogP contribution in [0.2, 0.25) is 0 Å². The van der Waals surface area contributed by atoms with Gasteiger partial charge in [-0.3, -0.25) is 10.4 Å². The molecule has 0 aliphatic carbocycles. The van der Waals surface area contributed by atoms with Gasteiger partial charge in [-0.2, -0.15) is 0 Å². The van der Waals surface area contributed by atoms with Crippen molar-refractivity contribution in [3.8, 4) is 0 Å². The monoisotopic (exact) mass is 286 g/mol. The van der Waals surface area contributed by atoms with Crippen LogP contribution in [0.4, 0.5) is 0 Å². The van der Waals surface area contributed by atoms with Gasteiger partial charge in [0.05, 0.1) is 11.8 Å². The van der Waals surface area contributed by atoms with E-state index < -0.39 is 0 Å². The van der Waals surface area contributed by atoms with Crippen LogP contribution in [0.15, 0.2) is 47.5 Å². The summed E-state index contributed by atoms with van der Waals surface area (Å²) in [4.78, 5) is 4.55. The van der Waals surface area contributed by atoms with Gasteiger partial charge >= 0.3 is 0 Å². The van der Waals surface area contributed by atoms with Crippen LogP contribution in [-0.2, 0) is 5.54 Å². The summed E-state index contributed by atoms with van der Waals surface area (Å²) >= 11 is 5.61. The Morgan fingerprint density at radius 2 is 1.85 bits per heavy atom. The maximum Gasteiger partial charge on any atom is 0.138 e. The molecule has 0 spiro atoms. The molecule has 0 saturated heterocycles. The molecule has 0 radical (unpaired) electrons. The van der Waals surface area contributed by atoms with Crippen LogP contribution in [0, 0.1) is 11.3 Å². The van der Waals surface area contributed by atoms with Crippen LogP contribution < -0.4 is 0 Å². The second-order valence-corrected chi connectivity index (χ2v) is 5.88. The number of hydrogen-bond acceptors (Lipinski definition) is 2. The summed E-state index contributed by atoms with van der Waals surface area (Å²) in [5.74, 6) is 0.302. The van der Waals surface area contributed by atoms with E-state index in [-0.39, 0.29) is 10.7 Å². The fraction of sp³-hybridized carbons (Fsp3) is 0.294. The zero-order chi connectivity index (χ0) is 14.8. The van der Waals surface area contributed by atoms with E-state index >= 15 is 0 Å². The summed E-state index contributed by atoms with van der Waals surface area (Å²) in [6.07, 6.45) is 1.43. The average molecular weight is 287 g/mol. The Balaban J connectivity index is 2.54. The normalized spacial score (nSPS) is 14.8. The van der Waals surface area contributed by atoms with Crippen LogP contribution in [-0.4, -0.2) is 11.4 Å². The lowest BCUT2D eigenvalue weighted by molar-refractivity contribution is 0.356. The topological polar surface area (TPSA) is 36.2 Å². The molecule has 0 fully saturated rings. The Kier molecular flexibility index (Phi) is 4.24. The lowest BCUT2D eigenvalue weighted by atomic mass is 9.81. The van der Waals surface area contributed by atoms with E-state index in [4.69, 9.17) is 17.0 Å². The van der Waals surface area contributed by atoms with Crippen LogP contribution in [0.1, 0.15) is 26.3 Å². The van der Waals surface area contributed by atoms with Gasteiger partial charge in [0.2, 0.25) is 0 Å². The molecule has 0 unspecified atom stereocenters. The van der Waals surface area contributed by atoms with Gasteiger partial charge in [-0.05, 0) is 35.2 Å². The van der Waals surface area contributed by atoms with E-state index in [0.717, 1.165) is 5.56 Å². The number of fused-ring (bicyclic) bond motifs is 1. The summed E-state index contributed by atoms with van der Waals surface area (Å²) in [5, 5.41) is 9.70. The van der Waals surface area contributed by atoms with Crippen LogP contribution in [0.25, 0.3) is 10.8 Å². The highest BCUT2D eigenvalue weighted by Gasteiger charge is 2.29. The predicted molar refractivity (Wildman–Crippen MR) is 88.2 cm³/mol. The fourth-order valence-corrected chi connectivity index (χ4v) is 2.30. The first kappa shape index (κ1) is 14.7.